The SMILES string of the molecule is COP([O-])(=S)O[C@@H]1C[C@H](n2cnc3c(N)ncnc32)O[C@@H]1COP([O-])(=S)O[C@@H]1C[C@H](n2cnc3c(=O)[nH]c(N)nc32)O[C@@H]1COP([O-])(=S)O[C@@H]1C2O[C@@H](C)[C@]1(COP(=O)([S-])O[C@@H]1C3O[C@@H](C)[C@]1(COP([O-])(=S)O[C@@H]1C4O[C@@H](C)[C@]1(CO)O[C@H]4n1cc(C)c(N)nc1=O)O[C@H]3n1cnc3c(N)ncnc31)O[C@H]2n1cc(C)c(N)nc1=O. The van der Waals surface area contributed by atoms with Crippen molar-refractivity contribution in [2.24, 2.45) is 0 Å². The van der Waals surface area contributed by atoms with E-state index in [0.29, 0.717) is 5.56 Å². The maximum Gasteiger partial charge on any atom is 0.351 e. The van der Waals surface area contributed by atoms with Gasteiger partial charge in [0.2, 0.25) is 5.95 Å². The van der Waals surface area contributed by atoms with Crippen molar-refractivity contribution in [3.8, 4) is 0 Å². The van der Waals surface area contributed by atoms with Crippen LogP contribution >= 0.6 is 33.7 Å². The lowest BCUT2D eigenvalue weighted by Gasteiger charge is -2.42. The molecule has 0 aliphatic carbocycles. The predicted molar refractivity (Wildman–Crippen MR) is 400 cm³/mol. The Bertz CT molecular complexity index is 5630. The quantitative estimate of drug-likeness (QED) is 0.0184. The van der Waals surface area contributed by atoms with Crippen molar-refractivity contribution in [2.45, 2.75) is 175 Å². The van der Waals surface area contributed by atoms with E-state index < -0.39 is 211 Å². The molecule has 115 heavy (non-hydrogen) atoms. The molecule has 0 radical (unpaired) electrons. The van der Waals surface area contributed by atoms with Gasteiger partial charge in [-0.25, -0.2) is 44.5 Å². The number of aliphatic hydroxyl groups excluding tert-OH is 1. The average molecular weight is 1800 g/mol. The highest BCUT2D eigenvalue weighted by atomic mass is 32.7. The number of anilines is 5. The summed E-state index contributed by atoms with van der Waals surface area (Å²) in [6.07, 6.45) is -15.5. The zero-order chi connectivity index (χ0) is 81.9. The highest BCUT2D eigenvalue weighted by Gasteiger charge is 2.71. The van der Waals surface area contributed by atoms with Gasteiger partial charge >= 0.3 is 11.4 Å². The smallest absolute Gasteiger partial charge is 0.351 e. The van der Waals surface area contributed by atoms with E-state index in [1.165, 1.54) is 65.3 Å². The van der Waals surface area contributed by atoms with Crippen molar-refractivity contribution in [1.82, 2.24) is 77.7 Å². The van der Waals surface area contributed by atoms with Crippen LogP contribution in [-0.4, -0.2) is 219 Å². The Morgan fingerprint density at radius 1 is 0.539 bits per heavy atom. The molecule has 0 amide bonds. The number of imidazole rings is 3. The van der Waals surface area contributed by atoms with E-state index >= 15 is 9.46 Å². The molecule has 16 rings (SSSR count). The lowest BCUT2D eigenvalue weighted by Crippen LogP contribution is -2.52. The van der Waals surface area contributed by atoms with E-state index in [1.54, 1.807) is 20.8 Å². The van der Waals surface area contributed by atoms with Gasteiger partial charge in [-0.2, -0.15) is 15.0 Å². The Kier molecular flexibility index (Phi) is 22.1. The standard InChI is InChI=1S/C57H74N21O27P5S5/c1-21-9-74(53(81)70-41(21)58)49-35-38(55(13-79,98-49)23(3)93-35)103-109(86,114)91-15-57-25(5)95-37(51(100-57)78-20-68-33-44(61)64-17-66-46(33)78)40(57)105-110(87,115)92-14-56-24(4)94-36(50(99-56)75-10-22(2)42(59)71-54(75)82)39(56)104-108(85,113)90-12-29-27(8-31(97-29)77-19-69-34-47(77)72-52(62)73-48(34)80)102-107(84,112)89-11-28-26(101-106(83,111)88-6)7-30(96-28)76-18-67-32-43(60)63-16-65-45(32)76/h9-10,16-20,23-31,35-40,49-51,79H,7-8,11-15H2,1-6H3,(H,83,111)(H,84,112)(H,85,113)(H,86,114)(H,87,115)(H2,58,70,81)(H2,59,71,82)(H2,60,63,65)(H2,61,64,66)(H3,62,72,73,80)/p-5/t23-,24-,25-,26+,27+,28+,29+,30+,31+,35?,36?,37?,38+,39+,40+,49+,50+,51+,55-,56-,57-,106?,107?,108?,109?,110?/m0/s1. The molecular weight excluding hydrogens is 1730 g/mol. The average Bonchev–Trinajstić information content (AvgIpc) is 1.56. The summed E-state index contributed by atoms with van der Waals surface area (Å²) in [5.74, 6) is -0.445. The van der Waals surface area contributed by atoms with Gasteiger partial charge in [0, 0.05) is 43.5 Å². The summed E-state index contributed by atoms with van der Waals surface area (Å²) in [4.78, 5) is 142. The normalized spacial score (nSPS) is 34.8. The van der Waals surface area contributed by atoms with E-state index in [-0.39, 0.29) is 81.1 Å². The van der Waals surface area contributed by atoms with E-state index in [0.717, 1.165) is 22.6 Å². The van der Waals surface area contributed by atoms with E-state index in [9.17, 15) is 34.2 Å². The Hall–Kier alpha value is -5.53. The largest absolute Gasteiger partial charge is 0.780 e. The van der Waals surface area contributed by atoms with Gasteiger partial charge in [0.1, 0.15) is 140 Å². The van der Waals surface area contributed by atoms with Gasteiger partial charge in [-0.1, -0.05) is 47.2 Å². The number of aromatic nitrogens is 16. The third-order valence-electron chi connectivity index (χ3n) is 21.1. The van der Waals surface area contributed by atoms with Gasteiger partial charge < -0.3 is 149 Å². The number of aliphatic hydroxyl groups is 1. The number of aromatic amines is 1. The van der Waals surface area contributed by atoms with Crippen molar-refractivity contribution >= 4 is 156 Å². The van der Waals surface area contributed by atoms with E-state index in [2.05, 4.69) is 54.8 Å². The van der Waals surface area contributed by atoms with Crippen LogP contribution in [0.25, 0.3) is 33.5 Å². The Morgan fingerprint density at radius 2 is 0.957 bits per heavy atom. The molecule has 8 aromatic heterocycles. The van der Waals surface area contributed by atoms with Crippen molar-refractivity contribution in [1.29, 1.82) is 0 Å². The summed E-state index contributed by atoms with van der Waals surface area (Å²) in [5, 5.41) is 11.0. The highest BCUT2D eigenvalue weighted by Crippen LogP contribution is 2.63. The number of ether oxygens (including phenoxy) is 8. The molecule has 48 nitrogen and oxygen atoms in total. The van der Waals surface area contributed by atoms with Gasteiger partial charge in [-0.15, -0.1) is 0 Å². The van der Waals surface area contributed by atoms with Crippen LogP contribution in [0.5, 0.6) is 0 Å². The zero-order valence-corrected chi connectivity index (χ0v) is 68.9. The van der Waals surface area contributed by atoms with E-state index in [1.807, 2.05) is 0 Å². The number of nitrogens with zero attached hydrogens (tertiary/aromatic N) is 15. The van der Waals surface area contributed by atoms with Gasteiger partial charge in [-0.05, 0) is 34.6 Å². The minimum atomic E-state index is -5.12. The predicted octanol–water partition coefficient (Wildman–Crippen LogP) is -2.79. The summed E-state index contributed by atoms with van der Waals surface area (Å²) in [6, 6.07) is 0. The highest BCUT2D eigenvalue weighted by molar-refractivity contribution is 8.32. The Morgan fingerprint density at radius 3 is 1.47 bits per heavy atom. The first-order valence-corrected chi connectivity index (χ1v) is 47.4. The minimum Gasteiger partial charge on any atom is -0.780 e. The number of hydrogen-bond donors (Lipinski definition) is 7. The first-order chi connectivity index (χ1) is 54.3. The summed E-state index contributed by atoms with van der Waals surface area (Å²) in [6.45, 7) is -20.5. The van der Waals surface area contributed by atoms with Crippen LogP contribution in [-0.2, 0) is 147 Å². The zero-order valence-electron chi connectivity index (χ0n) is 60.3. The molecule has 6 bridgehead atoms. The van der Waals surface area contributed by atoms with Gasteiger partial charge in [0.05, 0.1) is 82.5 Å². The van der Waals surface area contributed by atoms with Crippen LogP contribution in [0.3, 0.4) is 0 Å². The van der Waals surface area contributed by atoms with Crippen molar-refractivity contribution < 1.29 is 112 Å². The number of fused-ring (bicyclic) bond motifs is 9. The third-order valence-corrected chi connectivity index (χ3v) is 28.9. The molecule has 16 heterocycles. The molecule has 0 aromatic carbocycles. The molecule has 8 aliphatic heterocycles. The maximum atomic E-state index is 15.4. The summed E-state index contributed by atoms with van der Waals surface area (Å²) in [7, 11) is 1.08. The van der Waals surface area contributed by atoms with Crippen LogP contribution in [0.4, 0.5) is 29.2 Å². The Balaban J connectivity index is 0.662. The monoisotopic (exact) mass is 1790 g/mol. The molecule has 8 aliphatic rings. The molecule has 8 aromatic rings. The summed E-state index contributed by atoms with van der Waals surface area (Å²) in [5.41, 5.74) is 22.9. The number of hydrogen-bond acceptors (Lipinski definition) is 47. The maximum absolute atomic E-state index is 15.4. The summed E-state index contributed by atoms with van der Waals surface area (Å²) < 4.78 is 133. The number of H-pyrrole nitrogens is 1. The fraction of sp³-hybridized carbons (Fsp3) is 0.596. The minimum absolute atomic E-state index is 0.0187. The van der Waals surface area contributed by atoms with Crippen molar-refractivity contribution in [2.75, 3.05) is 68.8 Å². The Labute approximate surface area is 672 Å². The number of aryl methyl sites for hydroxylation is 2. The number of nitrogen functional groups attached to an aromatic ring is 5. The van der Waals surface area contributed by atoms with Crippen LogP contribution in [0.15, 0.2) is 58.4 Å². The van der Waals surface area contributed by atoms with Crippen LogP contribution < -0.4 is 65.2 Å². The molecule has 0 saturated carbocycles. The van der Waals surface area contributed by atoms with Gasteiger partial charge in [0.15, 0.2) is 59.6 Å². The van der Waals surface area contributed by atoms with E-state index in [4.69, 9.17) is 171 Å². The second kappa shape index (κ2) is 30.6. The van der Waals surface area contributed by atoms with Gasteiger partial charge in [-0.3, -0.25) is 37.2 Å². The molecule has 0 spiro atoms. The fourth-order valence-electron chi connectivity index (χ4n) is 15.3. The van der Waals surface area contributed by atoms with Crippen LogP contribution in [0, 0.1) is 13.8 Å². The number of rotatable bonds is 29. The number of nitrogens with one attached hydrogen (secondary N) is 1. The molecule has 8 saturated heterocycles. The molecule has 8 unspecified atom stereocenters. The molecule has 8 fully saturated rings. The van der Waals surface area contributed by atoms with Crippen LogP contribution in [0.2, 0.25) is 0 Å². The number of nitrogens with two attached hydrogens (primary N) is 5. The molecule has 624 valence electrons. The molecule has 58 heteroatoms. The van der Waals surface area contributed by atoms with Gasteiger partial charge in [0.25, 0.3) is 5.56 Å². The third kappa shape index (κ3) is 15.1. The topological polar surface area (TPSA) is 646 Å². The lowest BCUT2D eigenvalue weighted by atomic mass is 9.94. The van der Waals surface area contributed by atoms with Crippen LogP contribution in [0.1, 0.15) is 75.9 Å². The summed E-state index contributed by atoms with van der Waals surface area (Å²) >= 11 is 27.6. The van der Waals surface area contributed by atoms with Crippen molar-refractivity contribution in [3.63, 3.8) is 0 Å². The molecule has 12 N–H and O–H groups in total. The molecular formula is C57H69N21O27P5S5-5. The first kappa shape index (κ1) is 83.1. The second-order valence-electron chi connectivity index (χ2n) is 27.9. The second-order valence-corrected chi connectivity index (χ2v) is 41.5. The fourth-order valence-corrected chi connectivity index (χ4v) is 22.0. The van der Waals surface area contributed by atoms with Crippen molar-refractivity contribution in [3.05, 3.63) is 86.5 Å². The lowest BCUT2D eigenvalue weighted by molar-refractivity contribution is -0.240. The first-order valence-electron chi connectivity index (χ1n) is 34.6. The molecule has 26 atom stereocenters.